The fourth-order valence-corrected chi connectivity index (χ4v) is 3.26. The molecule has 0 saturated carbocycles. The summed E-state index contributed by atoms with van der Waals surface area (Å²) in [6.45, 7) is 3.05. The van der Waals surface area contributed by atoms with Crippen LogP contribution in [-0.2, 0) is 19.0 Å². The number of hydrogen-bond donors (Lipinski definition) is 2. The number of carbonyl (C=O) groups is 1. The molecule has 1 aromatic rings. The molecular weight excluding hydrogens is 364 g/mol. The minimum absolute atomic E-state index is 0.135. The molecule has 1 aromatic carbocycles. The molecule has 28 heavy (non-hydrogen) atoms. The maximum Gasteiger partial charge on any atom is 0.377 e. The quantitative estimate of drug-likeness (QED) is 0.457. The number of rotatable bonds is 10. The zero-order chi connectivity index (χ0) is 19.9. The first-order chi connectivity index (χ1) is 13.6. The van der Waals surface area contributed by atoms with E-state index < -0.39 is 36.0 Å². The summed E-state index contributed by atoms with van der Waals surface area (Å²) in [5.74, 6) is -1.45. The highest BCUT2D eigenvalue weighted by Gasteiger charge is 2.44. The fourth-order valence-electron chi connectivity index (χ4n) is 3.26. The molecule has 2 N–H and O–H groups in total. The Hall–Kier alpha value is -2.25. The van der Waals surface area contributed by atoms with Crippen molar-refractivity contribution >= 4 is 5.97 Å². The highest BCUT2D eigenvalue weighted by Crippen LogP contribution is 2.33. The molecule has 0 aromatic heterocycles. The van der Waals surface area contributed by atoms with Crippen molar-refractivity contribution in [3.8, 4) is 5.75 Å². The molecule has 7 nitrogen and oxygen atoms in total. The Balaban J connectivity index is 1.43. The SMILES string of the molecule is CCCCCCCCOc1ccc(C2OC[C@@H]([C@H]3OC(=O)C(O)=C3O)O2)cc1. The van der Waals surface area contributed by atoms with Crippen LogP contribution in [0.5, 0.6) is 5.75 Å². The van der Waals surface area contributed by atoms with Gasteiger partial charge in [-0.2, -0.15) is 0 Å². The average Bonchev–Trinajstić information content (AvgIpc) is 3.29. The smallest absolute Gasteiger partial charge is 0.377 e. The van der Waals surface area contributed by atoms with Gasteiger partial charge in [0.15, 0.2) is 18.2 Å². The number of aliphatic hydroxyl groups is 2. The molecule has 1 saturated heterocycles. The van der Waals surface area contributed by atoms with E-state index in [0.717, 1.165) is 17.7 Å². The molecular formula is C21H28O7. The second-order valence-corrected chi connectivity index (χ2v) is 7.08. The maximum atomic E-state index is 11.3. The summed E-state index contributed by atoms with van der Waals surface area (Å²) in [4.78, 5) is 11.3. The van der Waals surface area contributed by atoms with Crippen LogP contribution in [0.2, 0.25) is 0 Å². The predicted molar refractivity (Wildman–Crippen MR) is 101 cm³/mol. The summed E-state index contributed by atoms with van der Waals surface area (Å²) in [6.07, 6.45) is 4.98. The number of ether oxygens (including phenoxy) is 4. The van der Waals surface area contributed by atoms with Crippen molar-refractivity contribution in [2.24, 2.45) is 0 Å². The summed E-state index contributed by atoms with van der Waals surface area (Å²) in [7, 11) is 0. The van der Waals surface area contributed by atoms with Crippen molar-refractivity contribution in [3.05, 3.63) is 41.3 Å². The number of aliphatic hydroxyl groups excluding tert-OH is 2. The Bertz CT molecular complexity index is 682. The Morgan fingerprint density at radius 3 is 2.46 bits per heavy atom. The van der Waals surface area contributed by atoms with Crippen molar-refractivity contribution in [1.82, 2.24) is 0 Å². The maximum absolute atomic E-state index is 11.3. The highest BCUT2D eigenvalue weighted by atomic mass is 16.7. The van der Waals surface area contributed by atoms with Gasteiger partial charge in [0.05, 0.1) is 13.2 Å². The van der Waals surface area contributed by atoms with Crippen molar-refractivity contribution in [3.63, 3.8) is 0 Å². The molecule has 2 aliphatic heterocycles. The van der Waals surface area contributed by atoms with E-state index in [1.165, 1.54) is 32.1 Å². The summed E-state index contributed by atoms with van der Waals surface area (Å²) in [6, 6.07) is 7.45. The molecule has 0 aliphatic carbocycles. The Morgan fingerprint density at radius 1 is 1.07 bits per heavy atom. The Morgan fingerprint density at radius 2 is 1.79 bits per heavy atom. The lowest BCUT2D eigenvalue weighted by atomic mass is 10.1. The molecule has 3 atom stereocenters. The number of carbonyl (C=O) groups excluding carboxylic acids is 1. The topological polar surface area (TPSA) is 94.5 Å². The number of unbranched alkanes of at least 4 members (excludes halogenated alkanes) is 5. The van der Waals surface area contributed by atoms with Gasteiger partial charge in [-0.1, -0.05) is 51.2 Å². The van der Waals surface area contributed by atoms with E-state index in [4.69, 9.17) is 18.9 Å². The van der Waals surface area contributed by atoms with Gasteiger partial charge in [0.25, 0.3) is 0 Å². The van der Waals surface area contributed by atoms with Gasteiger partial charge in [-0.25, -0.2) is 4.79 Å². The van der Waals surface area contributed by atoms with Crippen LogP contribution >= 0.6 is 0 Å². The molecule has 0 spiro atoms. The standard InChI is InChI=1S/C21H28O7/c1-2-3-4-5-6-7-12-25-15-10-8-14(9-11-15)21-26-13-16(27-21)19-17(22)18(23)20(24)28-19/h8-11,16,19,21-23H,2-7,12-13H2,1H3/t16-,19+,21?/m0/s1. The predicted octanol–water partition coefficient (Wildman–Crippen LogP) is 4.09. The molecule has 2 aliphatic rings. The molecule has 1 fully saturated rings. The normalized spacial score (nSPS) is 24.6. The zero-order valence-corrected chi connectivity index (χ0v) is 16.1. The first-order valence-electron chi connectivity index (χ1n) is 9.93. The van der Waals surface area contributed by atoms with E-state index in [1.807, 2.05) is 24.3 Å². The lowest BCUT2D eigenvalue weighted by Crippen LogP contribution is -2.30. The van der Waals surface area contributed by atoms with Crippen LogP contribution in [0, 0.1) is 0 Å². The van der Waals surface area contributed by atoms with Crippen LogP contribution in [0.3, 0.4) is 0 Å². The van der Waals surface area contributed by atoms with Gasteiger partial charge in [0.1, 0.15) is 11.9 Å². The summed E-state index contributed by atoms with van der Waals surface area (Å²) in [5.41, 5.74) is 0.798. The summed E-state index contributed by atoms with van der Waals surface area (Å²) < 4.78 is 22.0. The van der Waals surface area contributed by atoms with Crippen molar-refractivity contribution in [2.45, 2.75) is 63.9 Å². The van der Waals surface area contributed by atoms with Crippen LogP contribution in [0.25, 0.3) is 0 Å². The van der Waals surface area contributed by atoms with Crippen LogP contribution in [0.1, 0.15) is 57.3 Å². The second-order valence-electron chi connectivity index (χ2n) is 7.08. The molecule has 0 bridgehead atoms. The molecule has 3 rings (SSSR count). The monoisotopic (exact) mass is 392 g/mol. The van der Waals surface area contributed by atoms with E-state index >= 15 is 0 Å². The molecule has 154 valence electrons. The number of cyclic esters (lactones) is 1. The van der Waals surface area contributed by atoms with Crippen LogP contribution in [0.15, 0.2) is 35.8 Å². The van der Waals surface area contributed by atoms with E-state index in [0.29, 0.717) is 6.61 Å². The van der Waals surface area contributed by atoms with Gasteiger partial charge in [-0.05, 0) is 18.6 Å². The first-order valence-corrected chi connectivity index (χ1v) is 9.93. The van der Waals surface area contributed by atoms with E-state index in [-0.39, 0.29) is 6.61 Å². The molecule has 0 amide bonds. The van der Waals surface area contributed by atoms with Gasteiger partial charge in [-0.15, -0.1) is 0 Å². The zero-order valence-electron chi connectivity index (χ0n) is 16.1. The van der Waals surface area contributed by atoms with Gasteiger partial charge in [-0.3, -0.25) is 0 Å². The number of benzene rings is 1. The minimum Gasteiger partial charge on any atom is -0.505 e. The first kappa shape index (κ1) is 20.5. The van der Waals surface area contributed by atoms with Crippen molar-refractivity contribution in [1.29, 1.82) is 0 Å². The largest absolute Gasteiger partial charge is 0.505 e. The second kappa shape index (κ2) is 9.80. The Kier molecular flexibility index (Phi) is 7.17. The third-order valence-corrected chi connectivity index (χ3v) is 4.91. The summed E-state index contributed by atoms with van der Waals surface area (Å²) >= 11 is 0. The van der Waals surface area contributed by atoms with E-state index in [1.54, 1.807) is 0 Å². The van der Waals surface area contributed by atoms with Crippen LogP contribution in [-0.4, -0.2) is 41.6 Å². The number of hydrogen-bond acceptors (Lipinski definition) is 7. The minimum atomic E-state index is -1.04. The molecule has 7 heteroatoms. The van der Waals surface area contributed by atoms with E-state index in [9.17, 15) is 15.0 Å². The molecule has 1 unspecified atom stereocenters. The van der Waals surface area contributed by atoms with Gasteiger partial charge >= 0.3 is 5.97 Å². The van der Waals surface area contributed by atoms with Crippen LogP contribution in [0.4, 0.5) is 0 Å². The molecule has 2 heterocycles. The van der Waals surface area contributed by atoms with Crippen LogP contribution < -0.4 is 4.74 Å². The number of esters is 1. The van der Waals surface area contributed by atoms with E-state index in [2.05, 4.69) is 6.92 Å². The van der Waals surface area contributed by atoms with Crippen molar-refractivity contribution < 1.29 is 34.0 Å². The lowest BCUT2D eigenvalue weighted by molar-refractivity contribution is -0.149. The Labute approximate surface area is 164 Å². The fraction of sp³-hybridized carbons (Fsp3) is 0.571. The third kappa shape index (κ3) is 4.97. The molecule has 0 radical (unpaired) electrons. The van der Waals surface area contributed by atoms with Gasteiger partial charge in [0, 0.05) is 5.56 Å². The third-order valence-electron chi connectivity index (χ3n) is 4.91. The van der Waals surface area contributed by atoms with Gasteiger partial charge < -0.3 is 29.2 Å². The lowest BCUT2D eigenvalue weighted by Gasteiger charge is -2.17. The highest BCUT2D eigenvalue weighted by molar-refractivity contribution is 5.89. The van der Waals surface area contributed by atoms with Gasteiger partial charge in [0.2, 0.25) is 5.76 Å². The van der Waals surface area contributed by atoms with Crippen molar-refractivity contribution in [2.75, 3.05) is 13.2 Å². The summed E-state index contributed by atoms with van der Waals surface area (Å²) in [5, 5.41) is 19.2. The average molecular weight is 392 g/mol.